The van der Waals surface area contributed by atoms with Crippen LogP contribution in [0, 0.1) is 5.41 Å². The normalized spacial score (nSPS) is 10.3. The van der Waals surface area contributed by atoms with Crippen molar-refractivity contribution in [2.45, 2.75) is 13.8 Å². The molecule has 0 aliphatic carbocycles. The fourth-order valence-electron chi connectivity index (χ4n) is 1.24. The second kappa shape index (κ2) is 9.00. The molecule has 0 fully saturated rings. The average Bonchev–Trinajstić information content (AvgIpc) is 2.55. The van der Waals surface area contributed by atoms with Crippen molar-refractivity contribution in [1.29, 1.82) is 0 Å². The lowest BCUT2D eigenvalue weighted by Crippen LogP contribution is -2.20. The van der Waals surface area contributed by atoms with Gasteiger partial charge in [-0.05, 0) is 24.3 Å². The molecule has 2 rings (SSSR count). The molecule has 0 heterocycles. The number of hydrogen-bond donors (Lipinski definition) is 4. The highest BCUT2D eigenvalue weighted by Gasteiger charge is 2.13. The highest BCUT2D eigenvalue weighted by molar-refractivity contribution is 5.51. The molecule has 0 saturated heterocycles. The number of anilines is 2. The summed E-state index contributed by atoms with van der Waals surface area (Å²) in [4.78, 5) is 0. The molecule has 4 heteroatoms. The molecule has 0 aliphatic rings. The maximum atomic E-state index is 8.43. The van der Waals surface area contributed by atoms with E-state index in [2.05, 4.69) is 10.9 Å². The first kappa shape index (κ1) is 17.0. The number of para-hydroxylation sites is 2. The predicted molar refractivity (Wildman–Crippen MR) is 88.1 cm³/mol. The van der Waals surface area contributed by atoms with Gasteiger partial charge in [0.15, 0.2) is 0 Å². The molecule has 2 aromatic rings. The summed E-state index contributed by atoms with van der Waals surface area (Å²) in [5.41, 5.74) is 8.02. The number of hydrazine groups is 1. The van der Waals surface area contributed by atoms with Crippen molar-refractivity contribution in [3.8, 4) is 0 Å². The standard InChI is InChI=1S/C12H12N2.C5H12O2/c1-3-7-11(8-4-1)13-14-12-9-5-2-6-10-12;1-5(2,3-6)4-7/h1-10,13-14H;6-7H,3-4H2,1-2H3. The lowest BCUT2D eigenvalue weighted by atomic mass is 9.97. The lowest BCUT2D eigenvalue weighted by Gasteiger charge is -2.16. The van der Waals surface area contributed by atoms with Gasteiger partial charge in [0.25, 0.3) is 0 Å². The Bertz CT molecular complexity index is 441. The van der Waals surface area contributed by atoms with E-state index < -0.39 is 0 Å². The summed E-state index contributed by atoms with van der Waals surface area (Å²) in [6.45, 7) is 3.69. The number of nitrogens with one attached hydrogen (secondary N) is 2. The van der Waals surface area contributed by atoms with E-state index in [1.807, 2.05) is 60.7 Å². The minimum atomic E-state index is -0.306. The Morgan fingerprint density at radius 1 is 0.714 bits per heavy atom. The Balaban J connectivity index is 0.000000270. The largest absolute Gasteiger partial charge is 0.396 e. The van der Waals surface area contributed by atoms with Crippen LogP contribution in [0.2, 0.25) is 0 Å². The minimum absolute atomic E-state index is 0.0451. The lowest BCUT2D eigenvalue weighted by molar-refractivity contribution is 0.0857. The van der Waals surface area contributed by atoms with Gasteiger partial charge in [-0.3, -0.25) is 0 Å². The SMILES string of the molecule is CC(C)(CO)CO.c1ccc(NNc2ccccc2)cc1. The summed E-state index contributed by atoms with van der Waals surface area (Å²) in [5, 5.41) is 16.9. The third kappa shape index (κ3) is 7.34. The first-order chi connectivity index (χ1) is 10.1. The molecule has 0 atom stereocenters. The molecule has 114 valence electrons. The van der Waals surface area contributed by atoms with Crippen molar-refractivity contribution in [1.82, 2.24) is 0 Å². The third-order valence-corrected chi connectivity index (χ3v) is 2.75. The Kier molecular flexibility index (Phi) is 7.29. The molecule has 4 nitrogen and oxygen atoms in total. The molecule has 21 heavy (non-hydrogen) atoms. The average molecular weight is 288 g/mol. The summed E-state index contributed by atoms with van der Waals surface area (Å²) < 4.78 is 0. The van der Waals surface area contributed by atoms with E-state index in [4.69, 9.17) is 10.2 Å². The zero-order chi connectivity index (χ0) is 15.6. The van der Waals surface area contributed by atoms with Gasteiger partial charge in [-0.25, -0.2) is 0 Å². The van der Waals surface area contributed by atoms with E-state index in [0.717, 1.165) is 11.4 Å². The van der Waals surface area contributed by atoms with Crippen LogP contribution in [0.4, 0.5) is 11.4 Å². The number of aliphatic hydroxyl groups is 2. The molecule has 0 aliphatic heterocycles. The smallest absolute Gasteiger partial charge is 0.0539 e. The molecule has 0 bridgehead atoms. The van der Waals surface area contributed by atoms with Gasteiger partial charge < -0.3 is 21.1 Å². The first-order valence-corrected chi connectivity index (χ1v) is 6.91. The van der Waals surface area contributed by atoms with Gasteiger partial charge in [-0.1, -0.05) is 50.2 Å². The zero-order valence-electron chi connectivity index (χ0n) is 12.6. The van der Waals surface area contributed by atoms with E-state index >= 15 is 0 Å². The monoisotopic (exact) mass is 288 g/mol. The zero-order valence-corrected chi connectivity index (χ0v) is 12.6. The van der Waals surface area contributed by atoms with Crippen molar-refractivity contribution in [2.24, 2.45) is 5.41 Å². The van der Waals surface area contributed by atoms with Crippen molar-refractivity contribution >= 4 is 11.4 Å². The van der Waals surface area contributed by atoms with Crippen LogP contribution in [0.25, 0.3) is 0 Å². The third-order valence-electron chi connectivity index (χ3n) is 2.75. The summed E-state index contributed by atoms with van der Waals surface area (Å²) in [7, 11) is 0. The summed E-state index contributed by atoms with van der Waals surface area (Å²) in [5.74, 6) is 0. The highest BCUT2D eigenvalue weighted by Crippen LogP contribution is 2.10. The Hall–Kier alpha value is -2.04. The van der Waals surface area contributed by atoms with Crippen LogP contribution in [0.15, 0.2) is 60.7 Å². The molecule has 0 unspecified atom stereocenters. The Morgan fingerprint density at radius 3 is 1.29 bits per heavy atom. The second-order valence-corrected chi connectivity index (χ2v) is 5.46. The van der Waals surface area contributed by atoms with Crippen LogP contribution < -0.4 is 10.9 Å². The van der Waals surface area contributed by atoms with Crippen LogP contribution in [-0.4, -0.2) is 23.4 Å². The van der Waals surface area contributed by atoms with E-state index in [1.54, 1.807) is 13.8 Å². The maximum absolute atomic E-state index is 8.43. The maximum Gasteiger partial charge on any atom is 0.0539 e. The quantitative estimate of drug-likeness (QED) is 0.638. The molecule has 2 aromatic carbocycles. The molecule has 4 N–H and O–H groups in total. The van der Waals surface area contributed by atoms with E-state index in [1.165, 1.54) is 0 Å². The number of rotatable bonds is 5. The predicted octanol–water partition coefficient (Wildman–Crippen LogP) is 3.12. The fraction of sp³-hybridized carbons (Fsp3) is 0.294. The summed E-state index contributed by atoms with van der Waals surface area (Å²) >= 11 is 0. The number of aliphatic hydroxyl groups excluding tert-OH is 2. The van der Waals surface area contributed by atoms with Crippen LogP contribution in [0.1, 0.15) is 13.8 Å². The molecular formula is C17H24N2O2. The van der Waals surface area contributed by atoms with E-state index in [0.29, 0.717) is 0 Å². The molecule has 0 spiro atoms. The molecule has 0 saturated carbocycles. The van der Waals surface area contributed by atoms with E-state index in [-0.39, 0.29) is 18.6 Å². The number of benzene rings is 2. The van der Waals surface area contributed by atoms with Crippen LogP contribution >= 0.6 is 0 Å². The second-order valence-electron chi connectivity index (χ2n) is 5.46. The molecular weight excluding hydrogens is 264 g/mol. The Labute approximate surface area is 126 Å². The van der Waals surface area contributed by atoms with Gasteiger partial charge in [0.2, 0.25) is 0 Å². The van der Waals surface area contributed by atoms with E-state index in [9.17, 15) is 0 Å². The number of hydrogen-bond acceptors (Lipinski definition) is 4. The fourth-order valence-corrected chi connectivity index (χ4v) is 1.24. The molecule has 0 aromatic heterocycles. The van der Waals surface area contributed by atoms with Gasteiger partial charge >= 0.3 is 0 Å². The van der Waals surface area contributed by atoms with Crippen molar-refractivity contribution in [2.75, 3.05) is 24.1 Å². The highest BCUT2D eigenvalue weighted by atomic mass is 16.3. The van der Waals surface area contributed by atoms with Crippen LogP contribution in [0.5, 0.6) is 0 Å². The Morgan fingerprint density at radius 2 is 1.05 bits per heavy atom. The topological polar surface area (TPSA) is 64.5 Å². The first-order valence-electron chi connectivity index (χ1n) is 6.91. The minimum Gasteiger partial charge on any atom is -0.396 e. The summed E-state index contributed by atoms with van der Waals surface area (Å²) in [6.07, 6.45) is 0. The van der Waals surface area contributed by atoms with Gasteiger partial charge in [0.1, 0.15) is 0 Å². The van der Waals surface area contributed by atoms with Crippen LogP contribution in [-0.2, 0) is 0 Å². The van der Waals surface area contributed by atoms with Crippen LogP contribution in [0.3, 0.4) is 0 Å². The van der Waals surface area contributed by atoms with Crippen molar-refractivity contribution in [3.05, 3.63) is 60.7 Å². The van der Waals surface area contributed by atoms with Gasteiger partial charge in [-0.2, -0.15) is 0 Å². The van der Waals surface area contributed by atoms with Gasteiger partial charge in [0.05, 0.1) is 24.6 Å². The van der Waals surface area contributed by atoms with Crippen molar-refractivity contribution < 1.29 is 10.2 Å². The van der Waals surface area contributed by atoms with Gasteiger partial charge in [0, 0.05) is 5.41 Å². The van der Waals surface area contributed by atoms with Gasteiger partial charge in [-0.15, -0.1) is 0 Å². The van der Waals surface area contributed by atoms with Crippen molar-refractivity contribution in [3.63, 3.8) is 0 Å². The molecule has 0 amide bonds. The summed E-state index contributed by atoms with van der Waals surface area (Å²) in [6, 6.07) is 20.0. The molecule has 0 radical (unpaired) electrons.